The lowest BCUT2D eigenvalue weighted by molar-refractivity contribution is -0.138. The first kappa shape index (κ1) is 27.8. The Hall–Kier alpha value is -4.19. The number of thioether (sulfide) groups is 1. The molecule has 39 heavy (non-hydrogen) atoms. The SMILES string of the molecule is CCOC(=O)C1=C(O)/C(=C/c2cc(Cl)c(OCc3ccccc3C#N)c(OCC)c2)SC1=Nc1ccccc1. The fourth-order valence-electron chi connectivity index (χ4n) is 3.74. The Labute approximate surface area is 236 Å². The van der Waals surface area contributed by atoms with Crippen molar-refractivity contribution in [1.82, 2.24) is 0 Å². The molecule has 0 bridgehead atoms. The first-order valence-corrected chi connectivity index (χ1v) is 13.4. The molecule has 1 heterocycles. The number of halogens is 1. The lowest BCUT2D eigenvalue weighted by Gasteiger charge is -2.15. The van der Waals surface area contributed by atoms with E-state index in [-0.39, 0.29) is 29.6 Å². The van der Waals surface area contributed by atoms with E-state index in [1.54, 1.807) is 49.4 Å². The molecule has 1 aliphatic heterocycles. The molecule has 0 aliphatic carbocycles. The van der Waals surface area contributed by atoms with E-state index in [1.165, 1.54) is 0 Å². The third-order valence-electron chi connectivity index (χ3n) is 5.50. The van der Waals surface area contributed by atoms with Gasteiger partial charge in [0.25, 0.3) is 0 Å². The number of nitrogens with zero attached hydrogens (tertiary/aromatic N) is 2. The van der Waals surface area contributed by atoms with E-state index in [1.807, 2.05) is 37.3 Å². The van der Waals surface area contributed by atoms with Crippen LogP contribution in [0.5, 0.6) is 11.5 Å². The normalized spacial score (nSPS) is 14.9. The number of nitriles is 1. The number of hydrogen-bond acceptors (Lipinski definition) is 8. The van der Waals surface area contributed by atoms with E-state index in [9.17, 15) is 15.2 Å². The number of esters is 1. The highest BCUT2D eigenvalue weighted by molar-refractivity contribution is 8.18. The van der Waals surface area contributed by atoms with Gasteiger partial charge >= 0.3 is 5.97 Å². The van der Waals surface area contributed by atoms with Gasteiger partial charge in [-0.05, 0) is 55.8 Å². The highest BCUT2D eigenvalue weighted by atomic mass is 35.5. The Balaban J connectivity index is 1.69. The van der Waals surface area contributed by atoms with E-state index in [0.29, 0.717) is 44.9 Å². The van der Waals surface area contributed by atoms with Crippen LogP contribution in [0.15, 0.2) is 88.0 Å². The number of carbonyl (C=O) groups excluding carboxylic acids is 1. The second-order valence-electron chi connectivity index (χ2n) is 8.13. The maximum atomic E-state index is 12.7. The standard InChI is InChI=1S/C30H25ClN2O5S/c1-3-36-24-15-19(14-23(31)28(24)38-18-21-11-9-8-10-20(21)17-32)16-25-27(34)26(30(35)37-4-2)29(39-25)33-22-12-6-5-7-13-22/h5-16,34H,3-4,18H2,1-2H3/b25-16-,33-29?. The van der Waals surface area contributed by atoms with Gasteiger partial charge in [-0.25, -0.2) is 9.79 Å². The van der Waals surface area contributed by atoms with Gasteiger partial charge in [0, 0.05) is 5.56 Å². The number of benzene rings is 3. The Morgan fingerprint density at radius 1 is 1.08 bits per heavy atom. The molecular weight excluding hydrogens is 536 g/mol. The van der Waals surface area contributed by atoms with Gasteiger partial charge < -0.3 is 19.3 Å². The smallest absolute Gasteiger partial charge is 0.344 e. The van der Waals surface area contributed by atoms with Crippen LogP contribution in [0.25, 0.3) is 6.08 Å². The van der Waals surface area contributed by atoms with Crippen molar-refractivity contribution in [3.63, 3.8) is 0 Å². The zero-order valence-corrected chi connectivity index (χ0v) is 22.9. The van der Waals surface area contributed by atoms with Crippen LogP contribution in [0.1, 0.15) is 30.5 Å². The molecule has 4 rings (SSSR count). The van der Waals surface area contributed by atoms with E-state index < -0.39 is 5.97 Å². The number of rotatable bonds is 9. The second-order valence-corrected chi connectivity index (χ2v) is 9.57. The van der Waals surface area contributed by atoms with Crippen molar-refractivity contribution < 1.29 is 24.1 Å². The second kappa shape index (κ2) is 13.1. The molecular formula is C30H25ClN2O5S. The van der Waals surface area contributed by atoms with Crippen molar-refractivity contribution in [1.29, 1.82) is 5.26 Å². The van der Waals surface area contributed by atoms with Crippen LogP contribution < -0.4 is 9.47 Å². The summed E-state index contributed by atoms with van der Waals surface area (Å²) in [4.78, 5) is 17.7. The molecule has 0 amide bonds. The third-order valence-corrected chi connectivity index (χ3v) is 6.80. The van der Waals surface area contributed by atoms with Crippen LogP contribution in [0.2, 0.25) is 5.02 Å². The van der Waals surface area contributed by atoms with Gasteiger partial charge in [0.05, 0.1) is 40.5 Å². The van der Waals surface area contributed by atoms with Crippen molar-refractivity contribution in [2.24, 2.45) is 4.99 Å². The summed E-state index contributed by atoms with van der Waals surface area (Å²) in [5.41, 5.74) is 2.49. The van der Waals surface area contributed by atoms with Gasteiger partial charge in [-0.1, -0.05) is 59.8 Å². The van der Waals surface area contributed by atoms with E-state index in [4.69, 9.17) is 25.8 Å². The summed E-state index contributed by atoms with van der Waals surface area (Å²) in [5.74, 6) is -0.141. The summed E-state index contributed by atoms with van der Waals surface area (Å²) in [7, 11) is 0. The molecule has 0 atom stereocenters. The molecule has 0 aromatic heterocycles. The molecule has 7 nitrogen and oxygen atoms in total. The number of hydrogen-bond donors (Lipinski definition) is 1. The van der Waals surface area contributed by atoms with Gasteiger partial charge in [-0.15, -0.1) is 0 Å². The molecule has 0 spiro atoms. The quantitative estimate of drug-likeness (QED) is 0.272. The summed E-state index contributed by atoms with van der Waals surface area (Å²) in [6.45, 7) is 4.19. The minimum atomic E-state index is -0.657. The molecule has 198 valence electrons. The monoisotopic (exact) mass is 560 g/mol. The number of aliphatic hydroxyl groups excluding tert-OH is 1. The van der Waals surface area contributed by atoms with Gasteiger partial charge in [0.1, 0.15) is 23.0 Å². The zero-order valence-electron chi connectivity index (χ0n) is 21.3. The molecule has 0 saturated heterocycles. The number of carbonyl (C=O) groups is 1. The largest absolute Gasteiger partial charge is 0.506 e. The van der Waals surface area contributed by atoms with Crippen LogP contribution in [0, 0.1) is 11.3 Å². The minimum absolute atomic E-state index is 0.00388. The van der Waals surface area contributed by atoms with Gasteiger partial charge in [0.15, 0.2) is 11.5 Å². The summed E-state index contributed by atoms with van der Waals surface area (Å²) >= 11 is 7.76. The minimum Gasteiger partial charge on any atom is -0.506 e. The summed E-state index contributed by atoms with van der Waals surface area (Å²) in [6, 6.07) is 21.9. The molecule has 0 radical (unpaired) electrons. The Morgan fingerprint density at radius 3 is 2.54 bits per heavy atom. The average Bonchev–Trinajstić information content (AvgIpc) is 3.23. The maximum absolute atomic E-state index is 12.7. The molecule has 0 unspecified atom stereocenters. The molecule has 1 aliphatic rings. The lowest BCUT2D eigenvalue weighted by Crippen LogP contribution is -2.12. The van der Waals surface area contributed by atoms with E-state index >= 15 is 0 Å². The Kier molecular flexibility index (Phi) is 9.31. The van der Waals surface area contributed by atoms with Crippen LogP contribution in [0.4, 0.5) is 5.69 Å². The molecule has 9 heteroatoms. The molecule has 1 N–H and O–H groups in total. The lowest BCUT2D eigenvalue weighted by atomic mass is 10.1. The maximum Gasteiger partial charge on any atom is 0.344 e. The van der Waals surface area contributed by atoms with Gasteiger partial charge in [-0.3, -0.25) is 0 Å². The van der Waals surface area contributed by atoms with Crippen molar-refractivity contribution >= 4 is 46.1 Å². The summed E-state index contributed by atoms with van der Waals surface area (Å²) < 4.78 is 17.0. The van der Waals surface area contributed by atoms with E-state index in [2.05, 4.69) is 11.1 Å². The van der Waals surface area contributed by atoms with Crippen LogP contribution in [-0.4, -0.2) is 29.3 Å². The number of ether oxygens (including phenoxy) is 3. The Bertz CT molecular complexity index is 1510. The number of aliphatic imine (C=N–C) groups is 1. The number of para-hydroxylation sites is 1. The predicted molar refractivity (Wildman–Crippen MR) is 154 cm³/mol. The Morgan fingerprint density at radius 2 is 1.82 bits per heavy atom. The number of aliphatic hydroxyl groups is 1. The topological polar surface area (TPSA) is 101 Å². The average molecular weight is 561 g/mol. The first-order valence-electron chi connectivity index (χ1n) is 12.2. The van der Waals surface area contributed by atoms with Crippen LogP contribution >= 0.6 is 23.4 Å². The fraction of sp³-hybridized carbons (Fsp3) is 0.167. The summed E-state index contributed by atoms with van der Waals surface area (Å²) in [5, 5.41) is 21.0. The van der Waals surface area contributed by atoms with Crippen LogP contribution in [0.3, 0.4) is 0 Å². The van der Waals surface area contributed by atoms with E-state index in [0.717, 1.165) is 17.3 Å². The zero-order chi connectivity index (χ0) is 27.8. The molecule has 0 saturated carbocycles. The first-order chi connectivity index (χ1) is 18.9. The molecule has 3 aromatic rings. The van der Waals surface area contributed by atoms with Crippen LogP contribution in [-0.2, 0) is 16.1 Å². The summed E-state index contributed by atoms with van der Waals surface area (Å²) in [6.07, 6.45) is 1.69. The highest BCUT2D eigenvalue weighted by Gasteiger charge is 2.33. The molecule has 0 fully saturated rings. The molecule has 3 aromatic carbocycles. The van der Waals surface area contributed by atoms with Crippen molar-refractivity contribution in [3.05, 3.63) is 105 Å². The van der Waals surface area contributed by atoms with Crippen molar-refractivity contribution in [2.75, 3.05) is 13.2 Å². The third kappa shape index (κ3) is 6.63. The van der Waals surface area contributed by atoms with Gasteiger partial charge in [-0.2, -0.15) is 5.26 Å². The van der Waals surface area contributed by atoms with Crippen molar-refractivity contribution in [3.8, 4) is 17.6 Å². The highest BCUT2D eigenvalue weighted by Crippen LogP contribution is 2.42. The van der Waals surface area contributed by atoms with Crippen molar-refractivity contribution in [2.45, 2.75) is 20.5 Å². The predicted octanol–water partition coefficient (Wildman–Crippen LogP) is 7.38. The van der Waals surface area contributed by atoms with Gasteiger partial charge in [0.2, 0.25) is 0 Å². The fourth-order valence-corrected chi connectivity index (χ4v) is 5.05.